The average molecular weight is 255 g/mol. The van der Waals surface area contributed by atoms with Gasteiger partial charge in [-0.3, -0.25) is 4.79 Å². The highest BCUT2D eigenvalue weighted by Gasteiger charge is 2.11. The first-order valence-electron chi connectivity index (χ1n) is 4.30. The van der Waals surface area contributed by atoms with Crippen molar-refractivity contribution in [2.75, 3.05) is 11.1 Å². The number of hydrogen-bond acceptors (Lipinski definition) is 5. The SMILES string of the molecule is Nc1ccsc1C(=O)Nc1ccc(Cl)nn1. The van der Waals surface area contributed by atoms with Crippen LogP contribution in [0.15, 0.2) is 23.6 Å². The first-order chi connectivity index (χ1) is 7.66. The standard InChI is InChI=1S/C9H7ClN4OS/c10-6-1-2-7(14-13-6)12-9(15)8-5(11)3-4-16-8/h1-4H,11H2,(H,12,14,15). The summed E-state index contributed by atoms with van der Waals surface area (Å²) in [5.41, 5.74) is 6.06. The molecule has 2 aromatic rings. The molecule has 0 saturated heterocycles. The first-order valence-corrected chi connectivity index (χ1v) is 5.56. The van der Waals surface area contributed by atoms with E-state index in [0.717, 1.165) is 0 Å². The summed E-state index contributed by atoms with van der Waals surface area (Å²) >= 11 is 6.84. The van der Waals surface area contributed by atoms with Crippen molar-refractivity contribution in [1.82, 2.24) is 10.2 Å². The van der Waals surface area contributed by atoms with Crippen LogP contribution in [-0.4, -0.2) is 16.1 Å². The molecule has 0 bridgehead atoms. The Balaban J connectivity index is 2.14. The van der Waals surface area contributed by atoms with Gasteiger partial charge in [0, 0.05) is 0 Å². The fraction of sp³-hybridized carbons (Fsp3) is 0. The van der Waals surface area contributed by atoms with Gasteiger partial charge in [-0.15, -0.1) is 21.5 Å². The lowest BCUT2D eigenvalue weighted by Gasteiger charge is -2.02. The zero-order valence-electron chi connectivity index (χ0n) is 7.98. The first kappa shape index (κ1) is 10.8. The highest BCUT2D eigenvalue weighted by Crippen LogP contribution is 2.19. The fourth-order valence-electron chi connectivity index (χ4n) is 1.06. The maximum absolute atomic E-state index is 11.7. The van der Waals surface area contributed by atoms with Crippen LogP contribution in [0.4, 0.5) is 11.5 Å². The number of nitrogens with one attached hydrogen (secondary N) is 1. The Kier molecular flexibility index (Phi) is 3.02. The lowest BCUT2D eigenvalue weighted by Crippen LogP contribution is -2.13. The van der Waals surface area contributed by atoms with E-state index in [0.29, 0.717) is 16.4 Å². The largest absolute Gasteiger partial charge is 0.397 e. The van der Waals surface area contributed by atoms with Crippen LogP contribution in [0.3, 0.4) is 0 Å². The Bertz CT molecular complexity index is 510. The van der Waals surface area contributed by atoms with Crippen molar-refractivity contribution in [3.05, 3.63) is 33.6 Å². The predicted molar refractivity (Wildman–Crippen MR) is 63.7 cm³/mol. The van der Waals surface area contributed by atoms with Gasteiger partial charge in [-0.2, -0.15) is 0 Å². The van der Waals surface area contributed by atoms with Crippen LogP contribution >= 0.6 is 22.9 Å². The highest BCUT2D eigenvalue weighted by molar-refractivity contribution is 7.12. The number of carbonyl (C=O) groups is 1. The summed E-state index contributed by atoms with van der Waals surface area (Å²) in [6.07, 6.45) is 0. The lowest BCUT2D eigenvalue weighted by molar-refractivity contribution is 0.103. The summed E-state index contributed by atoms with van der Waals surface area (Å²) in [6, 6.07) is 4.78. The molecule has 0 spiro atoms. The van der Waals surface area contributed by atoms with Crippen molar-refractivity contribution in [2.24, 2.45) is 0 Å². The quantitative estimate of drug-likeness (QED) is 0.859. The van der Waals surface area contributed by atoms with E-state index in [2.05, 4.69) is 15.5 Å². The Labute approximate surface area is 100 Å². The number of anilines is 2. The number of rotatable bonds is 2. The third-order valence-corrected chi connectivity index (χ3v) is 2.91. The molecular formula is C9H7ClN4OS. The molecule has 82 valence electrons. The van der Waals surface area contributed by atoms with E-state index in [1.165, 1.54) is 11.3 Å². The maximum atomic E-state index is 11.7. The third-order valence-electron chi connectivity index (χ3n) is 1.78. The van der Waals surface area contributed by atoms with Crippen LogP contribution in [0.5, 0.6) is 0 Å². The molecule has 0 aliphatic heterocycles. The van der Waals surface area contributed by atoms with Crippen LogP contribution in [0.1, 0.15) is 9.67 Å². The van der Waals surface area contributed by atoms with Gasteiger partial charge in [-0.25, -0.2) is 0 Å². The second kappa shape index (κ2) is 4.46. The minimum absolute atomic E-state index is 0.272. The summed E-state index contributed by atoms with van der Waals surface area (Å²) in [4.78, 5) is 12.2. The molecule has 2 aromatic heterocycles. The number of hydrogen-bond donors (Lipinski definition) is 2. The van der Waals surface area contributed by atoms with Crippen molar-refractivity contribution in [1.29, 1.82) is 0 Å². The summed E-state index contributed by atoms with van der Waals surface area (Å²) < 4.78 is 0. The van der Waals surface area contributed by atoms with Crippen molar-refractivity contribution in [3.63, 3.8) is 0 Å². The molecule has 0 unspecified atom stereocenters. The minimum Gasteiger partial charge on any atom is -0.397 e. The molecule has 3 N–H and O–H groups in total. The van der Waals surface area contributed by atoms with Gasteiger partial charge in [0.1, 0.15) is 4.88 Å². The smallest absolute Gasteiger partial charge is 0.269 e. The van der Waals surface area contributed by atoms with E-state index >= 15 is 0 Å². The van der Waals surface area contributed by atoms with Gasteiger partial charge in [0.25, 0.3) is 5.91 Å². The van der Waals surface area contributed by atoms with E-state index in [1.54, 1.807) is 23.6 Å². The Hall–Kier alpha value is -1.66. The number of nitrogens with zero attached hydrogens (tertiary/aromatic N) is 2. The molecule has 5 nitrogen and oxygen atoms in total. The molecule has 0 aliphatic carbocycles. The molecule has 2 heterocycles. The summed E-state index contributed by atoms with van der Waals surface area (Å²) in [7, 11) is 0. The minimum atomic E-state index is -0.302. The molecule has 0 aromatic carbocycles. The number of carbonyl (C=O) groups excluding carboxylic acids is 1. The van der Waals surface area contributed by atoms with Gasteiger partial charge in [0.2, 0.25) is 0 Å². The van der Waals surface area contributed by atoms with E-state index in [-0.39, 0.29) is 11.1 Å². The number of nitrogen functional groups attached to an aromatic ring is 1. The fourth-order valence-corrected chi connectivity index (χ4v) is 1.87. The van der Waals surface area contributed by atoms with E-state index in [1.807, 2.05) is 0 Å². The highest BCUT2D eigenvalue weighted by atomic mass is 35.5. The molecule has 16 heavy (non-hydrogen) atoms. The van der Waals surface area contributed by atoms with E-state index in [9.17, 15) is 4.79 Å². The zero-order chi connectivity index (χ0) is 11.5. The molecule has 0 radical (unpaired) electrons. The number of amides is 1. The van der Waals surface area contributed by atoms with Crippen LogP contribution in [0.2, 0.25) is 5.15 Å². The molecule has 0 saturated carbocycles. The van der Waals surface area contributed by atoms with Crippen LogP contribution < -0.4 is 11.1 Å². The number of thiophene rings is 1. The van der Waals surface area contributed by atoms with Gasteiger partial charge in [-0.05, 0) is 23.6 Å². The zero-order valence-corrected chi connectivity index (χ0v) is 9.55. The second-order valence-electron chi connectivity index (χ2n) is 2.90. The number of halogens is 1. The van der Waals surface area contributed by atoms with Crippen molar-refractivity contribution in [3.8, 4) is 0 Å². The van der Waals surface area contributed by atoms with Crippen LogP contribution in [0.25, 0.3) is 0 Å². The van der Waals surface area contributed by atoms with Gasteiger partial charge < -0.3 is 11.1 Å². The molecule has 2 rings (SSSR count). The number of aromatic nitrogens is 2. The molecule has 0 atom stereocenters. The second-order valence-corrected chi connectivity index (χ2v) is 4.20. The van der Waals surface area contributed by atoms with Crippen LogP contribution in [0, 0.1) is 0 Å². The van der Waals surface area contributed by atoms with Crippen molar-refractivity contribution in [2.45, 2.75) is 0 Å². The monoisotopic (exact) mass is 254 g/mol. The summed E-state index contributed by atoms with van der Waals surface area (Å²) in [6.45, 7) is 0. The van der Waals surface area contributed by atoms with E-state index < -0.39 is 0 Å². The Morgan fingerprint density at radius 2 is 2.19 bits per heavy atom. The molecule has 0 fully saturated rings. The van der Waals surface area contributed by atoms with Gasteiger partial charge in [-0.1, -0.05) is 11.6 Å². The number of nitrogens with two attached hydrogens (primary N) is 1. The van der Waals surface area contributed by atoms with Gasteiger partial charge >= 0.3 is 0 Å². The van der Waals surface area contributed by atoms with Crippen molar-refractivity contribution < 1.29 is 4.79 Å². The molecular weight excluding hydrogens is 248 g/mol. The average Bonchev–Trinajstić information content (AvgIpc) is 2.68. The Morgan fingerprint density at radius 3 is 2.75 bits per heavy atom. The summed E-state index contributed by atoms with van der Waals surface area (Å²) in [5.74, 6) is 0.0336. The van der Waals surface area contributed by atoms with Crippen molar-refractivity contribution >= 4 is 40.4 Å². The third kappa shape index (κ3) is 2.29. The summed E-state index contributed by atoms with van der Waals surface area (Å²) in [5, 5.41) is 11.9. The van der Waals surface area contributed by atoms with Gasteiger partial charge in [0.15, 0.2) is 11.0 Å². The normalized spacial score (nSPS) is 10.1. The predicted octanol–water partition coefficient (Wildman–Crippen LogP) is 2.03. The lowest BCUT2D eigenvalue weighted by atomic mass is 10.4. The molecule has 0 aliphatic rings. The molecule has 1 amide bonds. The van der Waals surface area contributed by atoms with Gasteiger partial charge in [0.05, 0.1) is 5.69 Å². The Morgan fingerprint density at radius 1 is 1.38 bits per heavy atom. The maximum Gasteiger partial charge on any atom is 0.269 e. The van der Waals surface area contributed by atoms with E-state index in [4.69, 9.17) is 17.3 Å². The molecule has 7 heteroatoms. The topological polar surface area (TPSA) is 80.9 Å². The van der Waals surface area contributed by atoms with Crippen LogP contribution in [-0.2, 0) is 0 Å².